The fraction of sp³-hybridized carbons (Fsp3) is 0.174. The number of benzene rings is 2. The molecule has 0 aliphatic carbocycles. The van der Waals surface area contributed by atoms with Crippen molar-refractivity contribution in [2.75, 3.05) is 0 Å². The SMILES string of the molecule is O=C(N[C@@H](CC(=O)N1Cc2cccnc2C1)c1ccccc1)c1ccccc1Cl. The first-order valence-electron chi connectivity index (χ1n) is 9.42. The number of amides is 2. The molecule has 0 radical (unpaired) electrons. The van der Waals surface area contributed by atoms with Crippen molar-refractivity contribution in [2.24, 2.45) is 0 Å². The molecule has 3 aromatic rings. The maximum Gasteiger partial charge on any atom is 0.253 e. The highest BCUT2D eigenvalue weighted by Gasteiger charge is 2.27. The van der Waals surface area contributed by atoms with E-state index < -0.39 is 6.04 Å². The molecular formula is C23H20ClN3O2. The molecule has 6 heteroatoms. The van der Waals surface area contributed by atoms with E-state index >= 15 is 0 Å². The van der Waals surface area contributed by atoms with Crippen molar-refractivity contribution >= 4 is 23.4 Å². The number of fused-ring (bicyclic) bond motifs is 1. The van der Waals surface area contributed by atoms with Crippen molar-refractivity contribution in [1.82, 2.24) is 15.2 Å². The van der Waals surface area contributed by atoms with Crippen molar-refractivity contribution in [3.8, 4) is 0 Å². The van der Waals surface area contributed by atoms with E-state index in [2.05, 4.69) is 10.3 Å². The molecule has 1 N–H and O–H groups in total. The summed E-state index contributed by atoms with van der Waals surface area (Å²) in [6.45, 7) is 1.04. The van der Waals surface area contributed by atoms with Gasteiger partial charge < -0.3 is 10.2 Å². The normalized spacial score (nSPS) is 13.6. The Bertz CT molecular complexity index is 1010. The second kappa shape index (κ2) is 8.45. The second-order valence-electron chi connectivity index (χ2n) is 6.98. The van der Waals surface area contributed by atoms with Crippen LogP contribution in [0.5, 0.6) is 0 Å². The van der Waals surface area contributed by atoms with Crippen LogP contribution in [0.2, 0.25) is 5.02 Å². The number of halogens is 1. The van der Waals surface area contributed by atoms with Crippen LogP contribution in [0.3, 0.4) is 0 Å². The standard InChI is InChI=1S/C23H20ClN3O2/c24-19-11-5-4-10-18(19)23(29)26-20(16-7-2-1-3-8-16)13-22(28)27-14-17-9-6-12-25-21(17)15-27/h1-12,20H,13-15H2,(H,26,29)/t20-/m0/s1. The lowest BCUT2D eigenvalue weighted by Gasteiger charge is -2.22. The van der Waals surface area contributed by atoms with Gasteiger partial charge in [0.05, 0.1) is 35.3 Å². The Kier molecular flexibility index (Phi) is 5.58. The number of aromatic nitrogens is 1. The Hall–Kier alpha value is -3.18. The van der Waals surface area contributed by atoms with Crippen LogP contribution >= 0.6 is 11.6 Å². The quantitative estimate of drug-likeness (QED) is 0.694. The topological polar surface area (TPSA) is 62.3 Å². The Morgan fingerprint density at radius 2 is 1.76 bits per heavy atom. The van der Waals surface area contributed by atoms with Gasteiger partial charge in [-0.2, -0.15) is 0 Å². The van der Waals surface area contributed by atoms with Gasteiger partial charge in [-0.05, 0) is 29.3 Å². The van der Waals surface area contributed by atoms with Gasteiger partial charge in [-0.1, -0.05) is 60.1 Å². The van der Waals surface area contributed by atoms with Crippen LogP contribution in [-0.2, 0) is 17.9 Å². The molecule has 0 unspecified atom stereocenters. The van der Waals surface area contributed by atoms with Crippen molar-refractivity contribution in [1.29, 1.82) is 0 Å². The highest BCUT2D eigenvalue weighted by molar-refractivity contribution is 6.33. The monoisotopic (exact) mass is 405 g/mol. The molecule has 4 rings (SSSR count). The number of pyridine rings is 1. The van der Waals surface area contributed by atoms with E-state index in [0.29, 0.717) is 23.7 Å². The van der Waals surface area contributed by atoms with Gasteiger partial charge in [0.2, 0.25) is 5.91 Å². The van der Waals surface area contributed by atoms with Crippen LogP contribution < -0.4 is 5.32 Å². The van der Waals surface area contributed by atoms with Crippen molar-refractivity contribution in [2.45, 2.75) is 25.6 Å². The van der Waals surface area contributed by atoms with E-state index in [4.69, 9.17) is 11.6 Å². The molecule has 0 bridgehead atoms. The van der Waals surface area contributed by atoms with E-state index in [9.17, 15) is 9.59 Å². The summed E-state index contributed by atoms with van der Waals surface area (Å²) in [5, 5.41) is 3.36. The number of nitrogens with zero attached hydrogens (tertiary/aromatic N) is 2. The first-order valence-corrected chi connectivity index (χ1v) is 9.80. The Morgan fingerprint density at radius 3 is 2.52 bits per heavy atom. The van der Waals surface area contributed by atoms with Crippen LogP contribution in [0.25, 0.3) is 0 Å². The Labute approximate surface area is 174 Å². The lowest BCUT2D eigenvalue weighted by molar-refractivity contribution is -0.132. The molecule has 2 heterocycles. The van der Waals surface area contributed by atoms with E-state index in [1.54, 1.807) is 35.4 Å². The summed E-state index contributed by atoms with van der Waals surface area (Å²) < 4.78 is 0. The molecule has 1 aromatic heterocycles. The lowest BCUT2D eigenvalue weighted by atomic mass is 10.0. The lowest BCUT2D eigenvalue weighted by Crippen LogP contribution is -2.34. The molecule has 1 atom stereocenters. The number of carbonyl (C=O) groups is 2. The van der Waals surface area contributed by atoms with Crippen molar-refractivity contribution < 1.29 is 9.59 Å². The molecule has 0 fully saturated rings. The number of rotatable bonds is 5. The van der Waals surface area contributed by atoms with Crippen molar-refractivity contribution in [3.05, 3.63) is 100 Å². The Balaban J connectivity index is 1.52. The molecule has 0 spiro atoms. The first-order chi connectivity index (χ1) is 14.1. The van der Waals surface area contributed by atoms with Crippen LogP contribution in [0.15, 0.2) is 72.9 Å². The first kappa shape index (κ1) is 19.2. The minimum atomic E-state index is -0.454. The average molecular weight is 406 g/mol. The van der Waals surface area contributed by atoms with Gasteiger partial charge in [0, 0.05) is 12.7 Å². The van der Waals surface area contributed by atoms with Crippen molar-refractivity contribution in [3.63, 3.8) is 0 Å². The zero-order valence-electron chi connectivity index (χ0n) is 15.7. The number of carbonyl (C=O) groups excluding carboxylic acids is 2. The van der Waals surface area contributed by atoms with Gasteiger partial charge in [-0.3, -0.25) is 14.6 Å². The van der Waals surface area contributed by atoms with Crippen LogP contribution in [-0.4, -0.2) is 21.7 Å². The van der Waals surface area contributed by atoms with E-state index in [1.165, 1.54) is 0 Å². The van der Waals surface area contributed by atoms with Gasteiger partial charge in [0.25, 0.3) is 5.91 Å². The third-order valence-corrected chi connectivity index (χ3v) is 5.37. The molecule has 2 aromatic carbocycles. The van der Waals surface area contributed by atoms with Gasteiger partial charge in [0.15, 0.2) is 0 Å². The van der Waals surface area contributed by atoms with Gasteiger partial charge in [-0.15, -0.1) is 0 Å². The smallest absolute Gasteiger partial charge is 0.253 e. The molecular weight excluding hydrogens is 386 g/mol. The maximum absolute atomic E-state index is 13.0. The summed E-state index contributed by atoms with van der Waals surface area (Å²) in [4.78, 5) is 31.9. The number of hydrogen-bond donors (Lipinski definition) is 1. The summed E-state index contributed by atoms with van der Waals surface area (Å²) in [7, 11) is 0. The molecule has 1 aliphatic rings. The van der Waals surface area contributed by atoms with Gasteiger partial charge in [-0.25, -0.2) is 0 Å². The minimum absolute atomic E-state index is 0.0312. The fourth-order valence-corrected chi connectivity index (χ4v) is 3.72. The zero-order valence-corrected chi connectivity index (χ0v) is 16.5. The molecule has 0 saturated heterocycles. The number of nitrogens with one attached hydrogen (secondary N) is 1. The third kappa shape index (κ3) is 4.30. The molecule has 2 amide bonds. The van der Waals surface area contributed by atoms with Gasteiger partial charge >= 0.3 is 0 Å². The molecule has 1 aliphatic heterocycles. The van der Waals surface area contributed by atoms with E-state index in [1.807, 2.05) is 42.5 Å². The summed E-state index contributed by atoms with van der Waals surface area (Å²) in [5.41, 5.74) is 3.26. The maximum atomic E-state index is 13.0. The van der Waals surface area contributed by atoms with Gasteiger partial charge in [0.1, 0.15) is 0 Å². The third-order valence-electron chi connectivity index (χ3n) is 5.04. The van der Waals surface area contributed by atoms with E-state index in [0.717, 1.165) is 16.8 Å². The predicted molar refractivity (Wildman–Crippen MR) is 111 cm³/mol. The van der Waals surface area contributed by atoms with E-state index in [-0.39, 0.29) is 18.2 Å². The largest absolute Gasteiger partial charge is 0.345 e. The fourth-order valence-electron chi connectivity index (χ4n) is 3.50. The summed E-state index contributed by atoms with van der Waals surface area (Å²) in [5.74, 6) is -0.333. The van der Waals surface area contributed by atoms with Crippen LogP contribution in [0.1, 0.15) is 39.6 Å². The Morgan fingerprint density at radius 1 is 1.00 bits per heavy atom. The predicted octanol–water partition coefficient (Wildman–Crippen LogP) is 4.14. The van der Waals surface area contributed by atoms with Crippen LogP contribution in [0, 0.1) is 0 Å². The van der Waals surface area contributed by atoms with Crippen LogP contribution in [0.4, 0.5) is 0 Å². The summed E-state index contributed by atoms with van der Waals surface area (Å²) in [6.07, 6.45) is 1.90. The highest BCUT2D eigenvalue weighted by atomic mass is 35.5. The second-order valence-corrected chi connectivity index (χ2v) is 7.39. The molecule has 146 valence electrons. The summed E-state index contributed by atoms with van der Waals surface area (Å²) >= 11 is 6.17. The average Bonchev–Trinajstić information content (AvgIpc) is 3.18. The minimum Gasteiger partial charge on any atom is -0.345 e. The number of hydrogen-bond acceptors (Lipinski definition) is 3. The zero-order chi connectivity index (χ0) is 20.2. The molecule has 5 nitrogen and oxygen atoms in total. The highest BCUT2D eigenvalue weighted by Crippen LogP contribution is 2.25. The molecule has 0 saturated carbocycles. The summed E-state index contributed by atoms with van der Waals surface area (Å²) in [6, 6.07) is 19.8. The molecule has 29 heavy (non-hydrogen) atoms.